The lowest BCUT2D eigenvalue weighted by molar-refractivity contribution is 0.0993. The molecule has 3 aromatic rings. The largest absolute Gasteiger partial charge is 0.441 e. The first-order valence-corrected chi connectivity index (χ1v) is 7.55. The van der Waals surface area contributed by atoms with Crippen LogP contribution in [0.2, 0.25) is 0 Å². The fourth-order valence-electron chi connectivity index (χ4n) is 2.20. The maximum Gasteiger partial charge on any atom is 0.274 e. The SMILES string of the molecule is Cc1nc(-c2cccc(NC(=O)c3ccc(C(N)=O)cn3)c2)oc1C. The van der Waals surface area contributed by atoms with Crippen LogP contribution >= 0.6 is 0 Å². The number of carbonyl (C=O) groups is 2. The Bertz CT molecular complexity index is 926. The van der Waals surface area contributed by atoms with E-state index in [0.29, 0.717) is 11.6 Å². The maximum atomic E-state index is 12.3. The average Bonchev–Trinajstić information content (AvgIpc) is 2.94. The summed E-state index contributed by atoms with van der Waals surface area (Å²) in [5.41, 5.74) is 7.73. The number of pyridine rings is 1. The Morgan fingerprint density at radius 2 is 1.96 bits per heavy atom. The number of hydrogen-bond donors (Lipinski definition) is 2. The summed E-state index contributed by atoms with van der Waals surface area (Å²) in [5.74, 6) is 0.259. The molecular weight excluding hydrogens is 320 g/mol. The molecule has 0 aliphatic heterocycles. The van der Waals surface area contributed by atoms with Crippen molar-refractivity contribution in [2.45, 2.75) is 13.8 Å². The van der Waals surface area contributed by atoms with Gasteiger partial charge in [-0.15, -0.1) is 0 Å². The first kappa shape index (κ1) is 16.4. The lowest BCUT2D eigenvalue weighted by Crippen LogP contribution is -2.16. The number of aryl methyl sites for hydroxylation is 2. The molecule has 0 aliphatic carbocycles. The number of oxazole rings is 1. The molecule has 0 atom stereocenters. The van der Waals surface area contributed by atoms with E-state index in [2.05, 4.69) is 15.3 Å². The molecule has 0 radical (unpaired) electrons. The number of anilines is 1. The second kappa shape index (κ2) is 6.56. The van der Waals surface area contributed by atoms with Crippen molar-refractivity contribution in [3.8, 4) is 11.5 Å². The van der Waals surface area contributed by atoms with Gasteiger partial charge < -0.3 is 15.5 Å². The molecule has 2 heterocycles. The van der Waals surface area contributed by atoms with Gasteiger partial charge in [0, 0.05) is 17.4 Å². The number of nitrogens with one attached hydrogen (secondary N) is 1. The van der Waals surface area contributed by atoms with Crippen LogP contribution in [0.4, 0.5) is 5.69 Å². The Morgan fingerprint density at radius 3 is 2.56 bits per heavy atom. The van der Waals surface area contributed by atoms with E-state index in [0.717, 1.165) is 17.0 Å². The number of amides is 2. The van der Waals surface area contributed by atoms with Crippen LogP contribution < -0.4 is 11.1 Å². The zero-order chi connectivity index (χ0) is 18.0. The molecule has 3 N–H and O–H groups in total. The van der Waals surface area contributed by atoms with E-state index in [4.69, 9.17) is 10.2 Å². The van der Waals surface area contributed by atoms with E-state index in [1.54, 1.807) is 18.2 Å². The number of benzene rings is 1. The van der Waals surface area contributed by atoms with Crippen molar-refractivity contribution in [3.05, 3.63) is 65.3 Å². The molecule has 0 aliphatic rings. The predicted molar refractivity (Wildman–Crippen MR) is 92.1 cm³/mol. The molecule has 0 bridgehead atoms. The van der Waals surface area contributed by atoms with Gasteiger partial charge in [-0.2, -0.15) is 0 Å². The van der Waals surface area contributed by atoms with E-state index in [9.17, 15) is 9.59 Å². The summed E-state index contributed by atoms with van der Waals surface area (Å²) in [6.45, 7) is 3.72. The minimum Gasteiger partial charge on any atom is -0.441 e. The Morgan fingerprint density at radius 1 is 1.16 bits per heavy atom. The monoisotopic (exact) mass is 336 g/mol. The minimum absolute atomic E-state index is 0.179. The van der Waals surface area contributed by atoms with E-state index in [1.165, 1.54) is 18.3 Å². The fraction of sp³-hybridized carbons (Fsp3) is 0.111. The number of nitrogens with zero attached hydrogens (tertiary/aromatic N) is 2. The standard InChI is InChI=1S/C18H16N4O3/c1-10-11(2)25-18(21-10)12-4-3-5-14(8-12)22-17(24)15-7-6-13(9-20-15)16(19)23/h3-9H,1-2H3,(H2,19,23)(H,22,24). The molecule has 0 fully saturated rings. The molecule has 7 heteroatoms. The molecule has 2 aromatic heterocycles. The summed E-state index contributed by atoms with van der Waals surface area (Å²) < 4.78 is 5.60. The molecule has 126 valence electrons. The average molecular weight is 336 g/mol. The van der Waals surface area contributed by atoms with Crippen LogP contribution in [0.5, 0.6) is 0 Å². The highest BCUT2D eigenvalue weighted by molar-refractivity contribution is 6.03. The van der Waals surface area contributed by atoms with E-state index in [-0.39, 0.29) is 11.3 Å². The zero-order valence-electron chi connectivity index (χ0n) is 13.7. The van der Waals surface area contributed by atoms with Crippen molar-refractivity contribution in [2.24, 2.45) is 5.73 Å². The molecule has 0 saturated carbocycles. The molecule has 3 rings (SSSR count). The van der Waals surface area contributed by atoms with Crippen LogP contribution in [-0.2, 0) is 0 Å². The summed E-state index contributed by atoms with van der Waals surface area (Å²) in [7, 11) is 0. The Labute approximate surface area is 143 Å². The highest BCUT2D eigenvalue weighted by Gasteiger charge is 2.12. The molecular formula is C18H16N4O3. The van der Waals surface area contributed by atoms with Gasteiger partial charge in [0.25, 0.3) is 5.91 Å². The van der Waals surface area contributed by atoms with Gasteiger partial charge in [-0.3, -0.25) is 14.6 Å². The van der Waals surface area contributed by atoms with Crippen molar-refractivity contribution in [1.82, 2.24) is 9.97 Å². The van der Waals surface area contributed by atoms with E-state index >= 15 is 0 Å². The third-order valence-corrected chi connectivity index (χ3v) is 3.68. The van der Waals surface area contributed by atoms with Gasteiger partial charge in [0.05, 0.1) is 11.3 Å². The summed E-state index contributed by atoms with van der Waals surface area (Å²) in [5, 5.41) is 2.75. The first-order chi connectivity index (χ1) is 11.9. The summed E-state index contributed by atoms with van der Waals surface area (Å²) in [6.07, 6.45) is 1.27. The lowest BCUT2D eigenvalue weighted by atomic mass is 10.2. The molecule has 7 nitrogen and oxygen atoms in total. The normalized spacial score (nSPS) is 10.5. The highest BCUT2D eigenvalue weighted by Crippen LogP contribution is 2.24. The van der Waals surface area contributed by atoms with Gasteiger partial charge >= 0.3 is 0 Å². The molecule has 1 aromatic carbocycles. The van der Waals surface area contributed by atoms with Crippen molar-refractivity contribution in [1.29, 1.82) is 0 Å². The molecule has 0 unspecified atom stereocenters. The number of rotatable bonds is 4. The molecule has 25 heavy (non-hydrogen) atoms. The maximum absolute atomic E-state index is 12.3. The smallest absolute Gasteiger partial charge is 0.274 e. The van der Waals surface area contributed by atoms with Crippen LogP contribution in [0.25, 0.3) is 11.5 Å². The summed E-state index contributed by atoms with van der Waals surface area (Å²) in [4.78, 5) is 31.6. The quantitative estimate of drug-likeness (QED) is 0.761. The van der Waals surface area contributed by atoms with Gasteiger partial charge in [0.1, 0.15) is 11.5 Å². The first-order valence-electron chi connectivity index (χ1n) is 7.55. The Hall–Kier alpha value is -3.48. The van der Waals surface area contributed by atoms with Gasteiger partial charge in [0.15, 0.2) is 0 Å². The van der Waals surface area contributed by atoms with Gasteiger partial charge in [-0.25, -0.2) is 4.98 Å². The zero-order valence-corrected chi connectivity index (χ0v) is 13.7. The van der Waals surface area contributed by atoms with E-state index in [1.807, 2.05) is 19.9 Å². The van der Waals surface area contributed by atoms with Crippen LogP contribution in [0.15, 0.2) is 47.0 Å². The van der Waals surface area contributed by atoms with Crippen LogP contribution in [0, 0.1) is 13.8 Å². The molecule has 2 amide bonds. The second-order valence-electron chi connectivity index (χ2n) is 5.49. The summed E-state index contributed by atoms with van der Waals surface area (Å²) >= 11 is 0. The third kappa shape index (κ3) is 3.55. The van der Waals surface area contributed by atoms with Crippen molar-refractivity contribution >= 4 is 17.5 Å². The predicted octanol–water partition coefficient (Wildman–Crippen LogP) is 2.70. The summed E-state index contributed by atoms with van der Waals surface area (Å²) in [6, 6.07) is 10.1. The fourth-order valence-corrected chi connectivity index (χ4v) is 2.20. The topological polar surface area (TPSA) is 111 Å². The number of carbonyl (C=O) groups excluding carboxylic acids is 2. The third-order valence-electron chi connectivity index (χ3n) is 3.68. The Kier molecular flexibility index (Phi) is 4.30. The van der Waals surface area contributed by atoms with E-state index < -0.39 is 11.8 Å². The van der Waals surface area contributed by atoms with Crippen molar-refractivity contribution < 1.29 is 14.0 Å². The second-order valence-corrected chi connectivity index (χ2v) is 5.49. The number of primary amides is 1. The van der Waals surface area contributed by atoms with Crippen LogP contribution in [0.3, 0.4) is 0 Å². The van der Waals surface area contributed by atoms with Gasteiger partial charge in [-0.05, 0) is 44.2 Å². The molecule has 0 spiro atoms. The van der Waals surface area contributed by atoms with Crippen molar-refractivity contribution in [3.63, 3.8) is 0 Å². The number of hydrogen-bond acceptors (Lipinski definition) is 5. The number of nitrogens with two attached hydrogens (primary N) is 1. The lowest BCUT2D eigenvalue weighted by Gasteiger charge is -2.06. The highest BCUT2D eigenvalue weighted by atomic mass is 16.4. The minimum atomic E-state index is -0.594. The van der Waals surface area contributed by atoms with Crippen molar-refractivity contribution in [2.75, 3.05) is 5.32 Å². The van der Waals surface area contributed by atoms with Crippen LogP contribution in [-0.4, -0.2) is 21.8 Å². The van der Waals surface area contributed by atoms with Gasteiger partial charge in [0.2, 0.25) is 11.8 Å². The Balaban J connectivity index is 1.79. The number of aromatic nitrogens is 2. The van der Waals surface area contributed by atoms with Gasteiger partial charge in [-0.1, -0.05) is 6.07 Å². The van der Waals surface area contributed by atoms with Crippen LogP contribution in [0.1, 0.15) is 32.3 Å². The molecule has 0 saturated heterocycles.